The molecule has 2 aromatic heterocycles. The number of carbonyl (C=O) groups excluding carboxylic acids is 2. The molecule has 0 unspecified atom stereocenters. The number of ether oxygens (including phenoxy) is 1. The molecule has 1 aliphatic rings. The van der Waals surface area contributed by atoms with Crippen molar-refractivity contribution in [2.45, 2.75) is 59.0 Å². The minimum Gasteiger partial charge on any atom is -0.453 e. The van der Waals surface area contributed by atoms with Crippen LogP contribution < -0.4 is 5.32 Å². The first-order valence-corrected chi connectivity index (χ1v) is 10.2. The topological polar surface area (TPSA) is 98.5 Å². The average molecular weight is 407 g/mol. The zero-order chi connectivity index (χ0) is 21.3. The molecule has 0 bridgehead atoms. The van der Waals surface area contributed by atoms with Gasteiger partial charge in [0.15, 0.2) is 6.10 Å². The van der Waals surface area contributed by atoms with Crippen molar-refractivity contribution < 1.29 is 14.3 Å². The Hall–Kier alpha value is -3.29. The first-order chi connectivity index (χ1) is 14.4. The normalized spacial score (nSPS) is 13.8. The largest absolute Gasteiger partial charge is 0.453 e. The minimum atomic E-state index is -0.871. The van der Waals surface area contributed by atoms with Gasteiger partial charge in [0.25, 0.3) is 11.7 Å². The molecule has 0 saturated carbocycles. The molecule has 1 amide bonds. The summed E-state index contributed by atoms with van der Waals surface area (Å²) in [6.07, 6.45) is 4.48. The van der Waals surface area contributed by atoms with Gasteiger partial charge in [-0.25, -0.2) is 9.50 Å². The summed E-state index contributed by atoms with van der Waals surface area (Å²) in [7, 11) is 0. The summed E-state index contributed by atoms with van der Waals surface area (Å²) in [5.41, 5.74) is 5.99. The van der Waals surface area contributed by atoms with Crippen LogP contribution in [0.1, 0.15) is 47.8 Å². The molecule has 2 heterocycles. The lowest BCUT2D eigenvalue weighted by Gasteiger charge is -2.15. The van der Waals surface area contributed by atoms with E-state index in [4.69, 9.17) is 4.74 Å². The summed E-state index contributed by atoms with van der Waals surface area (Å²) >= 11 is 0. The molecule has 1 atom stereocenters. The molecule has 0 saturated heterocycles. The predicted molar refractivity (Wildman–Crippen MR) is 111 cm³/mol. The molecule has 8 heteroatoms. The number of hydrogen-bond acceptors (Lipinski definition) is 6. The fraction of sp³-hybridized carbons (Fsp3) is 0.409. The Balaban J connectivity index is 1.33. The Bertz CT molecular complexity index is 1120. The first kappa shape index (κ1) is 20.0. The summed E-state index contributed by atoms with van der Waals surface area (Å²) in [4.78, 5) is 33.2. The van der Waals surface area contributed by atoms with Crippen molar-refractivity contribution in [2.75, 3.05) is 5.32 Å². The number of aromatic nitrogens is 4. The van der Waals surface area contributed by atoms with Gasteiger partial charge in [0, 0.05) is 23.5 Å². The molecule has 0 aliphatic heterocycles. The van der Waals surface area contributed by atoms with Crippen LogP contribution in [0.2, 0.25) is 0 Å². The van der Waals surface area contributed by atoms with Gasteiger partial charge in [-0.05, 0) is 75.3 Å². The standard InChI is InChI=1S/C22H25N5O3/c1-13-19(14(2)27-22(25-13)23-12-24-27)9-10-20(28)30-15(3)21(29)26-18-8-7-16-5-4-6-17(16)11-18/h7-8,11-12,15H,4-6,9-10H2,1-3H3,(H,26,29)/t15-/m1/s1. The van der Waals surface area contributed by atoms with Crippen LogP contribution in [0.25, 0.3) is 5.78 Å². The summed E-state index contributed by atoms with van der Waals surface area (Å²) in [6.45, 7) is 5.39. The van der Waals surface area contributed by atoms with E-state index >= 15 is 0 Å². The molecule has 0 fully saturated rings. The van der Waals surface area contributed by atoms with Crippen molar-refractivity contribution in [1.29, 1.82) is 0 Å². The SMILES string of the molecule is Cc1nc2ncnn2c(C)c1CCC(=O)O[C@H](C)C(=O)Nc1ccc2c(c1)CCC2. The maximum atomic E-state index is 12.4. The second-order valence-corrected chi connectivity index (χ2v) is 7.69. The van der Waals surface area contributed by atoms with Crippen molar-refractivity contribution in [2.24, 2.45) is 0 Å². The quantitative estimate of drug-likeness (QED) is 0.631. The number of carbonyl (C=O) groups is 2. The van der Waals surface area contributed by atoms with Crippen LogP contribution in [0.4, 0.5) is 5.69 Å². The summed E-state index contributed by atoms with van der Waals surface area (Å²) in [5, 5.41) is 7.00. The summed E-state index contributed by atoms with van der Waals surface area (Å²) < 4.78 is 7.00. The number of anilines is 1. The van der Waals surface area contributed by atoms with E-state index in [-0.39, 0.29) is 12.3 Å². The number of esters is 1. The number of nitrogens with zero attached hydrogens (tertiary/aromatic N) is 4. The molecule has 156 valence electrons. The monoisotopic (exact) mass is 407 g/mol. The fourth-order valence-corrected chi connectivity index (χ4v) is 3.95. The van der Waals surface area contributed by atoms with Crippen LogP contribution in [-0.2, 0) is 33.6 Å². The molecular formula is C22H25N5O3. The number of aryl methyl sites for hydroxylation is 4. The van der Waals surface area contributed by atoms with Crippen LogP contribution in [0.15, 0.2) is 24.5 Å². The van der Waals surface area contributed by atoms with Crippen molar-refractivity contribution in [3.63, 3.8) is 0 Å². The molecule has 1 aliphatic carbocycles. The number of rotatable bonds is 6. The zero-order valence-electron chi connectivity index (χ0n) is 17.4. The Kier molecular flexibility index (Phi) is 5.48. The van der Waals surface area contributed by atoms with E-state index in [0.29, 0.717) is 12.2 Å². The third-order valence-corrected chi connectivity index (χ3v) is 5.61. The van der Waals surface area contributed by atoms with Gasteiger partial charge in [-0.2, -0.15) is 10.1 Å². The average Bonchev–Trinajstić information content (AvgIpc) is 3.36. The smallest absolute Gasteiger partial charge is 0.306 e. The van der Waals surface area contributed by atoms with E-state index in [0.717, 1.165) is 41.9 Å². The molecule has 3 aromatic rings. The number of nitrogens with one attached hydrogen (secondary N) is 1. The minimum absolute atomic E-state index is 0.153. The number of hydrogen-bond donors (Lipinski definition) is 1. The van der Waals surface area contributed by atoms with Gasteiger partial charge in [0.2, 0.25) is 0 Å². The molecule has 8 nitrogen and oxygen atoms in total. The van der Waals surface area contributed by atoms with Crippen LogP contribution in [0.3, 0.4) is 0 Å². The van der Waals surface area contributed by atoms with E-state index in [1.807, 2.05) is 26.0 Å². The Morgan fingerprint density at radius 2 is 2.03 bits per heavy atom. The number of amides is 1. The van der Waals surface area contributed by atoms with Crippen molar-refractivity contribution in [3.8, 4) is 0 Å². The lowest BCUT2D eigenvalue weighted by molar-refractivity contribution is -0.153. The first-order valence-electron chi connectivity index (χ1n) is 10.2. The number of fused-ring (bicyclic) bond motifs is 2. The maximum absolute atomic E-state index is 12.4. The number of benzene rings is 1. The lowest BCUT2D eigenvalue weighted by Crippen LogP contribution is -2.30. The van der Waals surface area contributed by atoms with Crippen LogP contribution in [-0.4, -0.2) is 37.6 Å². The van der Waals surface area contributed by atoms with Gasteiger partial charge in [-0.15, -0.1) is 0 Å². The highest BCUT2D eigenvalue weighted by Gasteiger charge is 2.20. The third-order valence-electron chi connectivity index (χ3n) is 5.61. The van der Waals surface area contributed by atoms with Crippen LogP contribution >= 0.6 is 0 Å². The van der Waals surface area contributed by atoms with E-state index < -0.39 is 12.1 Å². The second-order valence-electron chi connectivity index (χ2n) is 7.69. The molecule has 1 aromatic carbocycles. The molecule has 0 radical (unpaired) electrons. The van der Waals surface area contributed by atoms with Gasteiger partial charge in [0.1, 0.15) is 6.33 Å². The Morgan fingerprint density at radius 1 is 1.23 bits per heavy atom. The highest BCUT2D eigenvalue weighted by atomic mass is 16.5. The molecule has 1 N–H and O–H groups in total. The summed E-state index contributed by atoms with van der Waals surface area (Å²) in [5.74, 6) is -0.225. The van der Waals surface area contributed by atoms with Gasteiger partial charge < -0.3 is 10.1 Å². The fourth-order valence-electron chi connectivity index (χ4n) is 3.95. The van der Waals surface area contributed by atoms with Gasteiger partial charge >= 0.3 is 5.97 Å². The van der Waals surface area contributed by atoms with Gasteiger partial charge in [-0.3, -0.25) is 9.59 Å². The maximum Gasteiger partial charge on any atom is 0.306 e. The van der Waals surface area contributed by atoms with Crippen molar-refractivity contribution >= 4 is 23.3 Å². The molecule has 0 spiro atoms. The third kappa shape index (κ3) is 4.03. The lowest BCUT2D eigenvalue weighted by atomic mass is 10.1. The highest BCUT2D eigenvalue weighted by Crippen LogP contribution is 2.25. The zero-order valence-corrected chi connectivity index (χ0v) is 17.4. The van der Waals surface area contributed by atoms with Crippen molar-refractivity contribution in [1.82, 2.24) is 19.6 Å². The van der Waals surface area contributed by atoms with E-state index in [2.05, 4.69) is 26.4 Å². The Morgan fingerprint density at radius 3 is 2.87 bits per heavy atom. The van der Waals surface area contributed by atoms with E-state index in [9.17, 15) is 9.59 Å². The molecular weight excluding hydrogens is 382 g/mol. The van der Waals surface area contributed by atoms with Crippen LogP contribution in [0, 0.1) is 13.8 Å². The highest BCUT2D eigenvalue weighted by molar-refractivity contribution is 5.95. The Labute approximate surface area is 174 Å². The van der Waals surface area contributed by atoms with Gasteiger partial charge in [-0.1, -0.05) is 6.07 Å². The van der Waals surface area contributed by atoms with Crippen LogP contribution in [0.5, 0.6) is 0 Å². The van der Waals surface area contributed by atoms with E-state index in [1.165, 1.54) is 17.5 Å². The molecule has 4 rings (SSSR count). The summed E-state index contributed by atoms with van der Waals surface area (Å²) in [6, 6.07) is 5.96. The van der Waals surface area contributed by atoms with Gasteiger partial charge in [0.05, 0.1) is 0 Å². The van der Waals surface area contributed by atoms with Crippen molar-refractivity contribution in [3.05, 3.63) is 52.6 Å². The molecule has 30 heavy (non-hydrogen) atoms. The van der Waals surface area contributed by atoms with E-state index in [1.54, 1.807) is 11.4 Å². The second kappa shape index (κ2) is 8.22. The predicted octanol–water partition coefficient (Wildman–Crippen LogP) is 2.73.